The van der Waals surface area contributed by atoms with Crippen LogP contribution in [0, 0.1) is 57.7 Å². The Kier molecular flexibility index (Phi) is 43.2. The van der Waals surface area contributed by atoms with Crippen LogP contribution < -0.4 is 45.0 Å². The van der Waals surface area contributed by atoms with Crippen molar-refractivity contribution in [3.8, 4) is 0 Å². The van der Waals surface area contributed by atoms with E-state index in [-0.39, 0.29) is 131 Å². The number of carboxylic acid groups (broad SMARTS) is 10. The molecule has 0 aliphatic heterocycles. The second-order valence-electron chi connectivity index (χ2n) is 34.2. The lowest BCUT2D eigenvalue weighted by Gasteiger charge is -2.54. The normalized spacial score (nSPS) is 21.0. The van der Waals surface area contributed by atoms with Crippen molar-refractivity contribution in [2.75, 3.05) is 13.2 Å². The summed E-state index contributed by atoms with van der Waals surface area (Å²) < 4.78 is 65.2. The zero-order chi connectivity index (χ0) is 108. The van der Waals surface area contributed by atoms with Crippen LogP contribution >= 0.6 is 0 Å². The third-order valence-corrected chi connectivity index (χ3v) is 25.8. The Bertz CT molecular complexity index is 6130. The van der Waals surface area contributed by atoms with Crippen molar-refractivity contribution in [3.05, 3.63) is 156 Å². The molecule has 8 aromatic rings. The summed E-state index contributed by atoms with van der Waals surface area (Å²) in [6.07, 6.45) is 1.16. The molecule has 4 aliphatic carbocycles. The smallest absolute Gasteiger partial charge is 0.346 e. The summed E-state index contributed by atoms with van der Waals surface area (Å²) in [5.41, 5.74) is -12.2. The van der Waals surface area contributed by atoms with Gasteiger partial charge in [0.1, 0.15) is 67.3 Å². The van der Waals surface area contributed by atoms with Gasteiger partial charge < -0.3 is 116 Å². The van der Waals surface area contributed by atoms with E-state index in [1.165, 1.54) is 38.1 Å². The minimum absolute atomic E-state index is 0.0167. The van der Waals surface area contributed by atoms with Gasteiger partial charge in [0.15, 0.2) is 5.60 Å². The number of ether oxygens (including phenoxy) is 10. The molecular formula is C93H98O52. The molecule has 4 aliphatic rings. The fourth-order valence-corrected chi connectivity index (χ4v) is 18.4. The van der Waals surface area contributed by atoms with Crippen molar-refractivity contribution in [2.24, 2.45) is 57.7 Å². The van der Waals surface area contributed by atoms with Crippen molar-refractivity contribution in [3.63, 3.8) is 0 Å². The van der Waals surface area contributed by atoms with Gasteiger partial charge in [0.05, 0.1) is 91.4 Å². The summed E-state index contributed by atoms with van der Waals surface area (Å²) in [6, 6.07) is 16.8. The number of unbranched alkanes of at least 4 members (excludes halogenated alkanes) is 7. The average Bonchev–Trinajstić information content (AvgIpc) is 1.52. The lowest BCUT2D eigenvalue weighted by molar-refractivity contribution is -0.221. The summed E-state index contributed by atoms with van der Waals surface area (Å²) in [5, 5.41) is 92.3. The molecule has 0 amide bonds. The number of fused-ring (bicyclic) bond motifs is 10. The molecule has 0 radical (unpaired) electrons. The number of carbonyl (C=O) groups excluding carboxylic acids is 10. The van der Waals surface area contributed by atoms with Crippen molar-refractivity contribution in [2.45, 2.75) is 198 Å². The number of hydrogen-bond acceptors (Lipinski definition) is 42. The van der Waals surface area contributed by atoms with E-state index in [1.54, 1.807) is 37.3 Å². The molecular weight excluding hydrogens is 1950 g/mol. The van der Waals surface area contributed by atoms with Crippen molar-refractivity contribution >= 4 is 178 Å². The first kappa shape index (κ1) is 117. The molecule has 12 rings (SSSR count). The summed E-state index contributed by atoms with van der Waals surface area (Å²) in [4.78, 5) is 306. The van der Waals surface area contributed by atoms with Gasteiger partial charge in [0.25, 0.3) is 64.7 Å². The molecule has 145 heavy (non-hydrogen) atoms. The predicted octanol–water partition coefficient (Wildman–Crippen LogP) is 3.18. The predicted molar refractivity (Wildman–Crippen MR) is 478 cm³/mol. The van der Waals surface area contributed by atoms with Crippen molar-refractivity contribution in [1.82, 2.24) is 0 Å². The van der Waals surface area contributed by atoms with Gasteiger partial charge in [0.2, 0.25) is 0 Å². The van der Waals surface area contributed by atoms with Crippen LogP contribution in [-0.4, -0.2) is 237 Å². The molecule has 782 valence electrons. The van der Waals surface area contributed by atoms with E-state index in [9.17, 15) is 144 Å². The van der Waals surface area contributed by atoms with Crippen LogP contribution in [0.1, 0.15) is 155 Å². The Balaban J connectivity index is 0.000000261. The van der Waals surface area contributed by atoms with Gasteiger partial charge in [0, 0.05) is 24.2 Å². The number of furan rings is 4. The molecule has 19 atom stereocenters. The fraction of sp³-hybridized carbons (Fsp3) is 0.462. The maximum atomic E-state index is 11.9. The van der Waals surface area contributed by atoms with Crippen LogP contribution in [0.25, 0.3) is 53.9 Å². The molecule has 4 aromatic heterocycles. The van der Waals surface area contributed by atoms with Crippen molar-refractivity contribution < 1.29 is 212 Å². The summed E-state index contributed by atoms with van der Waals surface area (Å²) >= 11 is 0. The van der Waals surface area contributed by atoms with Gasteiger partial charge in [-0.15, -0.1) is 0 Å². The Morgan fingerprint density at radius 1 is 0.421 bits per heavy atom. The molecule has 10 N–H and O–H groups in total. The standard InChI is InChI=1S/C20H34O8.C17H18O8.C14H16O8.C14H4O6.C10H14O8.C10H2O6.C8H10O8/c1-15(19(23)24)17(20(25)26)11-9-7-5-3-4-6-8-10-12-18(28-14-22)16(2)27-13-21;18-9-24-13-7-17(16(22)23,8-14(20)21)6-12(15(13)25-10-19)11-4-2-1-3-5-11;15-4-21-11-9-6-1-7(10(9)12(11)22-5-16)14(2-6,13(19)20)3-8(17)18;15-11-7-1-5-2-9-10(14(18)20-13(9)17)4-6(5)3-8(7)12(16)19-11;1-9(8(15)16,3-7(13)14)10(2,18-6-12)4-17-5-11;11-7-3-1-4-6(10(14)16-8(4)12)2-5(3)9(13)15-7;9-3-15-2-6(16-4-10)5(8(13)14)1-7(11)12/h13-18H,3-12H2,1-2H3,(H,23,24)(H,25,26);1-5,9-10,12-13,15H,6-8H2,(H,20,21)(H,22,23);4-7,9-12H,1-3H2,(H,17,18)(H,19,20);1-4H;5-6H,3-4H2,1-2H3,(H,13,14)(H,15,16);1-2H;3-6H,1-2H2,(H,11,12)(H,13,14). The molecule has 4 aromatic carbocycles. The number of carbonyl (C=O) groups is 20. The second-order valence-corrected chi connectivity index (χ2v) is 34.2. The maximum Gasteiger partial charge on any atom is 0.346 e. The minimum Gasteiger partial charge on any atom is -0.481 e. The second kappa shape index (κ2) is 53.6. The van der Waals surface area contributed by atoms with Crippen LogP contribution in [0.15, 0.2) is 123 Å². The quantitative estimate of drug-likeness (QED) is 0.0149. The van der Waals surface area contributed by atoms with Gasteiger partial charge in [-0.1, -0.05) is 82.2 Å². The molecule has 4 fully saturated rings. The zero-order valence-electron chi connectivity index (χ0n) is 77.0. The zero-order valence-corrected chi connectivity index (χ0v) is 77.0. The van der Waals surface area contributed by atoms with Crippen LogP contribution in [0.2, 0.25) is 0 Å². The first-order valence-corrected chi connectivity index (χ1v) is 43.6. The molecule has 19 unspecified atom stereocenters. The van der Waals surface area contributed by atoms with E-state index >= 15 is 0 Å². The number of rotatable bonds is 52. The third-order valence-electron chi connectivity index (χ3n) is 25.8. The highest BCUT2D eigenvalue weighted by Gasteiger charge is 2.74. The number of benzene rings is 4. The minimum atomic E-state index is -1.94. The Morgan fingerprint density at radius 2 is 0.841 bits per heavy atom. The van der Waals surface area contributed by atoms with Gasteiger partial charge in [-0.05, 0) is 124 Å². The van der Waals surface area contributed by atoms with E-state index in [1.807, 2.05) is 0 Å². The summed E-state index contributed by atoms with van der Waals surface area (Å²) in [6.45, 7) is 6.04. The van der Waals surface area contributed by atoms with Crippen LogP contribution in [0.5, 0.6) is 0 Å². The molecule has 4 saturated carbocycles. The van der Waals surface area contributed by atoms with E-state index in [0.29, 0.717) is 61.4 Å². The summed E-state index contributed by atoms with van der Waals surface area (Å²) in [5.74, 6) is -17.1. The van der Waals surface area contributed by atoms with E-state index in [0.717, 1.165) is 64.0 Å². The number of aliphatic carboxylic acids is 10. The van der Waals surface area contributed by atoms with E-state index in [4.69, 9.17) is 69.3 Å². The van der Waals surface area contributed by atoms with Crippen LogP contribution in [-0.2, 0) is 143 Å². The molecule has 2 bridgehead atoms. The first-order chi connectivity index (χ1) is 68.6. The first-order valence-electron chi connectivity index (χ1n) is 43.6. The topological polar surface area (TPSA) is 825 Å². The highest BCUT2D eigenvalue weighted by atomic mass is 16.6. The molecule has 0 saturated heterocycles. The Labute approximate surface area is 811 Å². The Hall–Kier alpha value is -16.9. The maximum absolute atomic E-state index is 11.9. The number of carboxylic acids is 10. The monoisotopic (exact) mass is 2050 g/mol. The highest BCUT2D eigenvalue weighted by Crippen LogP contribution is 2.69. The lowest BCUT2D eigenvalue weighted by Crippen LogP contribution is -2.64. The largest absolute Gasteiger partial charge is 0.481 e. The lowest BCUT2D eigenvalue weighted by atomic mass is 9.53. The molecule has 52 nitrogen and oxygen atoms in total. The molecule has 52 heteroatoms. The third kappa shape index (κ3) is 29.2. The molecule has 0 spiro atoms. The van der Waals surface area contributed by atoms with Gasteiger partial charge in [-0.2, -0.15) is 0 Å². The SMILES string of the molecule is CC(COC=O)(OC=O)C(C)(CC(=O)O)C(=O)O.CC(OC=O)C(CCCCCCCCCCC(C(=O)O)C(C)C(=O)O)OC=O.O=COC1C(OC=O)C2C1C1CC2C(CC(=O)O)(C(=O)O)C1.O=COC1CC(CC(=O)O)(C(=O)O)CC(c2ccccc2)C1OC=O.O=COCC(OC=O)C(CC(=O)O)C(=O)O.O=c1oc(=O)c2cc3c(=O)oc(=O)c3cc12.O=c1oc(=O)c2cc3cc4c(=O)oc(=O)c4cc3cc12. The van der Waals surface area contributed by atoms with E-state index in [2.05, 4.69) is 36.6 Å². The van der Waals surface area contributed by atoms with Gasteiger partial charge in [-0.25, -0.2) is 38.4 Å². The highest BCUT2D eigenvalue weighted by molar-refractivity contribution is 6.04. The van der Waals surface area contributed by atoms with Gasteiger partial charge >= 0.3 is 105 Å². The molecule has 4 heterocycles. The Morgan fingerprint density at radius 3 is 1.22 bits per heavy atom. The van der Waals surface area contributed by atoms with Crippen LogP contribution in [0.4, 0.5) is 0 Å². The van der Waals surface area contributed by atoms with E-state index < -0.39 is 232 Å². The summed E-state index contributed by atoms with van der Waals surface area (Å²) in [7, 11) is 0. The van der Waals surface area contributed by atoms with Crippen LogP contribution in [0.3, 0.4) is 0 Å². The van der Waals surface area contributed by atoms with Gasteiger partial charge in [-0.3, -0.25) is 95.9 Å². The number of hydrogen-bond donors (Lipinski definition) is 10. The fourth-order valence-electron chi connectivity index (χ4n) is 18.4. The van der Waals surface area contributed by atoms with Crippen molar-refractivity contribution in [1.29, 1.82) is 0 Å². The average molecular weight is 2050 g/mol.